The van der Waals surface area contributed by atoms with Crippen LogP contribution >= 0.6 is 0 Å². The van der Waals surface area contributed by atoms with Gasteiger partial charge in [-0.3, -0.25) is 9.59 Å². The van der Waals surface area contributed by atoms with E-state index in [9.17, 15) is 14.0 Å². The molecule has 0 radical (unpaired) electrons. The lowest BCUT2D eigenvalue weighted by atomic mass is 10.0. The molecule has 1 unspecified atom stereocenters. The van der Waals surface area contributed by atoms with E-state index in [0.29, 0.717) is 18.5 Å². The zero-order valence-electron chi connectivity index (χ0n) is 14.7. The summed E-state index contributed by atoms with van der Waals surface area (Å²) < 4.78 is 13.1. The minimum Gasteiger partial charge on any atom is -0.396 e. The zero-order valence-corrected chi connectivity index (χ0v) is 14.7. The summed E-state index contributed by atoms with van der Waals surface area (Å²) in [4.78, 5) is 26.5. The van der Waals surface area contributed by atoms with Crippen LogP contribution < -0.4 is 5.32 Å². The molecule has 0 saturated carbocycles. The maximum absolute atomic E-state index is 13.1. The summed E-state index contributed by atoms with van der Waals surface area (Å²) in [6.07, 6.45) is 0.436. The minimum absolute atomic E-state index is 0.0255. The number of aliphatic hydroxyl groups excluding tert-OH is 1. The number of carbonyl (C=O) groups excluding carboxylic acids is 2. The number of hydrogen-bond donors (Lipinski definition) is 2. The summed E-state index contributed by atoms with van der Waals surface area (Å²) in [5.74, 6) is -0.938. The van der Waals surface area contributed by atoms with Gasteiger partial charge in [-0.25, -0.2) is 4.39 Å². The van der Waals surface area contributed by atoms with Gasteiger partial charge in [0.25, 0.3) is 0 Å². The molecule has 0 saturated heterocycles. The third-order valence-corrected chi connectivity index (χ3v) is 3.98. The highest BCUT2D eigenvalue weighted by atomic mass is 19.1. The molecule has 2 aromatic carbocycles. The van der Waals surface area contributed by atoms with Gasteiger partial charge in [-0.2, -0.15) is 0 Å². The van der Waals surface area contributed by atoms with Crippen LogP contribution in [0.5, 0.6) is 0 Å². The number of nitrogens with one attached hydrogen (secondary N) is 1. The molecule has 0 aliphatic heterocycles. The second-order valence-corrected chi connectivity index (χ2v) is 5.95. The summed E-state index contributed by atoms with van der Waals surface area (Å²) in [6.45, 7) is 1.88. The van der Waals surface area contributed by atoms with Crippen LogP contribution in [0.2, 0.25) is 0 Å². The molecule has 2 amide bonds. The van der Waals surface area contributed by atoms with Gasteiger partial charge in [-0.05, 0) is 29.7 Å². The number of rotatable bonds is 8. The summed E-state index contributed by atoms with van der Waals surface area (Å²) in [7, 11) is 0. The van der Waals surface area contributed by atoms with E-state index in [0.717, 1.165) is 5.56 Å². The predicted octanol–water partition coefficient (Wildman–Crippen LogP) is 2.41. The van der Waals surface area contributed by atoms with E-state index in [4.69, 9.17) is 5.11 Å². The number of aliphatic hydroxyl groups is 1. The Bertz CT molecular complexity index is 720. The first-order valence-electron chi connectivity index (χ1n) is 8.48. The van der Waals surface area contributed by atoms with Crippen molar-refractivity contribution in [3.63, 3.8) is 0 Å². The molecule has 6 heteroatoms. The quantitative estimate of drug-likeness (QED) is 0.712. The first kappa shape index (κ1) is 19.6. The number of nitrogens with zero attached hydrogens (tertiary/aromatic N) is 1. The fourth-order valence-electron chi connectivity index (χ4n) is 2.67. The maximum atomic E-state index is 13.1. The summed E-state index contributed by atoms with van der Waals surface area (Å²) in [6, 6.07) is 14.1. The predicted molar refractivity (Wildman–Crippen MR) is 96.5 cm³/mol. The third-order valence-electron chi connectivity index (χ3n) is 3.98. The highest BCUT2D eigenvalue weighted by Gasteiger charge is 2.29. The Hall–Kier alpha value is -2.73. The molecule has 0 aliphatic carbocycles. The second-order valence-electron chi connectivity index (χ2n) is 5.95. The van der Waals surface area contributed by atoms with Gasteiger partial charge in [0, 0.05) is 26.6 Å². The van der Waals surface area contributed by atoms with Crippen molar-refractivity contribution in [2.75, 3.05) is 13.2 Å². The van der Waals surface area contributed by atoms with Gasteiger partial charge < -0.3 is 15.3 Å². The largest absolute Gasteiger partial charge is 0.396 e. The highest BCUT2D eigenvalue weighted by Crippen LogP contribution is 2.24. The van der Waals surface area contributed by atoms with Gasteiger partial charge in [-0.1, -0.05) is 42.5 Å². The van der Waals surface area contributed by atoms with E-state index in [2.05, 4.69) is 5.32 Å². The molecule has 0 aliphatic rings. The lowest BCUT2D eigenvalue weighted by Gasteiger charge is -2.30. The Kier molecular flexibility index (Phi) is 7.29. The molecule has 0 heterocycles. The second kappa shape index (κ2) is 9.68. The number of hydrogen-bond acceptors (Lipinski definition) is 3. The fourth-order valence-corrected chi connectivity index (χ4v) is 2.67. The highest BCUT2D eigenvalue weighted by molar-refractivity contribution is 5.88. The standard InChI is InChI=1S/C20H23FN2O3/c1-15(25)23(14-16-8-10-18(21)11-9-16)19(17-6-3-2-4-7-17)20(26)22-12-5-13-24/h2-4,6-11,19,24H,5,12-14H2,1H3,(H,22,26). The van der Waals surface area contributed by atoms with Gasteiger partial charge in [0.1, 0.15) is 11.9 Å². The Labute approximate surface area is 152 Å². The number of amides is 2. The number of carbonyl (C=O) groups is 2. The van der Waals surface area contributed by atoms with E-state index < -0.39 is 6.04 Å². The molecule has 2 aromatic rings. The lowest BCUT2D eigenvalue weighted by Crippen LogP contribution is -2.43. The van der Waals surface area contributed by atoms with Crippen molar-refractivity contribution in [3.8, 4) is 0 Å². The Morgan fingerprint density at radius 1 is 1.12 bits per heavy atom. The molecular weight excluding hydrogens is 335 g/mol. The molecule has 2 N–H and O–H groups in total. The molecule has 138 valence electrons. The summed E-state index contributed by atoms with van der Waals surface area (Å²) in [5.41, 5.74) is 1.41. The van der Waals surface area contributed by atoms with Crippen LogP contribution in [0.15, 0.2) is 54.6 Å². The van der Waals surface area contributed by atoms with Gasteiger partial charge in [0.15, 0.2) is 0 Å². The van der Waals surface area contributed by atoms with Crippen molar-refractivity contribution in [2.45, 2.75) is 25.9 Å². The van der Waals surface area contributed by atoms with E-state index in [1.165, 1.54) is 24.0 Å². The first-order chi connectivity index (χ1) is 12.5. The van der Waals surface area contributed by atoms with Gasteiger partial charge in [0.05, 0.1) is 0 Å². The first-order valence-corrected chi connectivity index (χ1v) is 8.48. The smallest absolute Gasteiger partial charge is 0.247 e. The van der Waals surface area contributed by atoms with Crippen LogP contribution in [0.3, 0.4) is 0 Å². The van der Waals surface area contributed by atoms with Crippen LogP contribution in [-0.4, -0.2) is 35.0 Å². The minimum atomic E-state index is -0.808. The van der Waals surface area contributed by atoms with Crippen molar-refractivity contribution < 1.29 is 19.1 Å². The topological polar surface area (TPSA) is 69.6 Å². The van der Waals surface area contributed by atoms with E-state index >= 15 is 0 Å². The van der Waals surface area contributed by atoms with Gasteiger partial charge >= 0.3 is 0 Å². The molecule has 0 spiro atoms. The summed E-state index contributed by atoms with van der Waals surface area (Å²) >= 11 is 0. The van der Waals surface area contributed by atoms with Crippen LogP contribution in [-0.2, 0) is 16.1 Å². The molecule has 2 rings (SSSR count). The molecular formula is C20H23FN2O3. The van der Waals surface area contributed by atoms with Crippen molar-refractivity contribution in [3.05, 3.63) is 71.5 Å². The SMILES string of the molecule is CC(=O)N(Cc1ccc(F)cc1)C(C(=O)NCCCO)c1ccccc1. The normalized spacial score (nSPS) is 11.7. The van der Waals surface area contributed by atoms with E-state index in [-0.39, 0.29) is 30.8 Å². The summed E-state index contributed by atoms with van der Waals surface area (Å²) in [5, 5.41) is 11.7. The van der Waals surface area contributed by atoms with Gasteiger partial charge in [0.2, 0.25) is 11.8 Å². The van der Waals surface area contributed by atoms with Crippen LogP contribution in [0.1, 0.15) is 30.5 Å². The molecule has 26 heavy (non-hydrogen) atoms. The van der Waals surface area contributed by atoms with Crippen molar-refractivity contribution in [2.24, 2.45) is 0 Å². The number of benzene rings is 2. The molecule has 0 bridgehead atoms. The number of halogens is 1. The molecule has 0 aromatic heterocycles. The third kappa shape index (κ3) is 5.39. The fraction of sp³-hybridized carbons (Fsp3) is 0.300. The molecule has 0 fully saturated rings. The van der Waals surface area contributed by atoms with E-state index in [1.807, 2.05) is 6.07 Å². The molecule has 1 atom stereocenters. The Morgan fingerprint density at radius 2 is 1.77 bits per heavy atom. The van der Waals surface area contributed by atoms with Crippen molar-refractivity contribution in [1.29, 1.82) is 0 Å². The van der Waals surface area contributed by atoms with Gasteiger partial charge in [-0.15, -0.1) is 0 Å². The maximum Gasteiger partial charge on any atom is 0.247 e. The Balaban J connectivity index is 2.30. The average Bonchev–Trinajstić information content (AvgIpc) is 2.64. The average molecular weight is 358 g/mol. The van der Waals surface area contributed by atoms with Crippen LogP contribution in [0, 0.1) is 5.82 Å². The van der Waals surface area contributed by atoms with Crippen LogP contribution in [0.25, 0.3) is 0 Å². The van der Waals surface area contributed by atoms with E-state index in [1.54, 1.807) is 36.4 Å². The monoisotopic (exact) mass is 358 g/mol. The molecule has 5 nitrogen and oxygen atoms in total. The van der Waals surface area contributed by atoms with Crippen molar-refractivity contribution >= 4 is 11.8 Å². The van der Waals surface area contributed by atoms with Crippen LogP contribution in [0.4, 0.5) is 4.39 Å². The zero-order chi connectivity index (χ0) is 18.9. The Morgan fingerprint density at radius 3 is 2.35 bits per heavy atom. The van der Waals surface area contributed by atoms with Crippen molar-refractivity contribution in [1.82, 2.24) is 10.2 Å². The lowest BCUT2D eigenvalue weighted by molar-refractivity contribution is -0.140.